The third kappa shape index (κ3) is 4.04. The van der Waals surface area contributed by atoms with Crippen LogP contribution in [0.2, 0.25) is 0 Å². The first kappa shape index (κ1) is 15.0. The fraction of sp³-hybridized carbons (Fsp3) is 0.722. The van der Waals surface area contributed by atoms with E-state index in [0.29, 0.717) is 6.04 Å². The summed E-state index contributed by atoms with van der Waals surface area (Å²) >= 11 is 0. The number of aryl methyl sites for hydroxylation is 1. The third-order valence-corrected chi connectivity index (χ3v) is 4.77. The van der Waals surface area contributed by atoms with Crippen LogP contribution in [0.3, 0.4) is 0 Å². The fourth-order valence-corrected chi connectivity index (χ4v) is 3.65. The first-order valence-electron chi connectivity index (χ1n) is 8.52. The molecule has 21 heavy (non-hydrogen) atoms. The number of aromatic nitrogens is 1. The van der Waals surface area contributed by atoms with Crippen molar-refractivity contribution in [3.05, 3.63) is 29.6 Å². The Balaban J connectivity index is 1.68. The molecule has 116 valence electrons. The molecule has 1 saturated heterocycles. The maximum atomic E-state index is 4.71. The highest BCUT2D eigenvalue weighted by Gasteiger charge is 2.38. The zero-order valence-corrected chi connectivity index (χ0v) is 13.7. The van der Waals surface area contributed by atoms with E-state index in [2.05, 4.69) is 49.2 Å². The summed E-state index contributed by atoms with van der Waals surface area (Å²) < 4.78 is 0. The largest absolute Gasteiger partial charge is 0.311 e. The predicted molar refractivity (Wildman–Crippen MR) is 87.1 cm³/mol. The molecule has 1 saturated carbocycles. The zero-order valence-electron chi connectivity index (χ0n) is 13.7. The predicted octanol–water partition coefficient (Wildman–Crippen LogP) is 2.99. The van der Waals surface area contributed by atoms with Crippen molar-refractivity contribution in [1.82, 2.24) is 15.2 Å². The number of nitrogens with one attached hydrogen (secondary N) is 1. The zero-order chi connectivity index (χ0) is 14.8. The second kappa shape index (κ2) is 6.45. The average Bonchev–Trinajstić information content (AvgIpc) is 3.22. The van der Waals surface area contributed by atoms with Crippen LogP contribution in [-0.2, 0) is 6.54 Å². The number of hydrogen-bond donors (Lipinski definition) is 1. The second-order valence-corrected chi connectivity index (χ2v) is 7.34. The van der Waals surface area contributed by atoms with Crippen LogP contribution in [0.25, 0.3) is 0 Å². The van der Waals surface area contributed by atoms with Gasteiger partial charge in [0.05, 0.1) is 5.69 Å². The molecule has 1 aliphatic carbocycles. The Hall–Kier alpha value is -0.930. The van der Waals surface area contributed by atoms with E-state index in [1.807, 2.05) is 0 Å². The molecule has 1 aromatic heterocycles. The maximum absolute atomic E-state index is 4.71. The average molecular weight is 287 g/mol. The van der Waals surface area contributed by atoms with Gasteiger partial charge in [-0.25, -0.2) is 0 Å². The maximum Gasteiger partial charge on any atom is 0.0547 e. The Labute approximate surface area is 129 Å². The number of rotatable bonds is 5. The summed E-state index contributed by atoms with van der Waals surface area (Å²) in [7, 11) is 0. The molecule has 3 heteroatoms. The minimum Gasteiger partial charge on any atom is -0.311 e. The standard InChI is InChI=1S/C18H29N3/c1-13(2)9-17-12-21(18(10-19-17)15-7-8-15)11-16-6-4-5-14(3)20-16/h4-6,13,15,17-19H,7-12H2,1-3H3. The van der Waals surface area contributed by atoms with Crippen molar-refractivity contribution in [1.29, 1.82) is 0 Å². The first-order valence-corrected chi connectivity index (χ1v) is 8.52. The van der Waals surface area contributed by atoms with Crippen molar-refractivity contribution in [2.24, 2.45) is 11.8 Å². The highest BCUT2D eigenvalue weighted by atomic mass is 15.2. The number of piperazine rings is 1. The van der Waals surface area contributed by atoms with E-state index in [9.17, 15) is 0 Å². The number of hydrogen-bond acceptors (Lipinski definition) is 3. The Kier molecular flexibility index (Phi) is 4.60. The lowest BCUT2D eigenvalue weighted by atomic mass is 9.98. The molecule has 1 N–H and O–H groups in total. The summed E-state index contributed by atoms with van der Waals surface area (Å²) in [6.07, 6.45) is 4.10. The van der Waals surface area contributed by atoms with Gasteiger partial charge >= 0.3 is 0 Å². The molecular formula is C18H29N3. The van der Waals surface area contributed by atoms with Gasteiger partial charge in [-0.1, -0.05) is 19.9 Å². The quantitative estimate of drug-likeness (QED) is 0.902. The van der Waals surface area contributed by atoms with Crippen LogP contribution < -0.4 is 5.32 Å². The molecule has 2 unspecified atom stereocenters. The molecule has 2 heterocycles. The van der Waals surface area contributed by atoms with Crippen molar-refractivity contribution in [3.8, 4) is 0 Å². The summed E-state index contributed by atoms with van der Waals surface area (Å²) in [5, 5.41) is 3.79. The van der Waals surface area contributed by atoms with E-state index >= 15 is 0 Å². The van der Waals surface area contributed by atoms with Gasteiger partial charge in [0, 0.05) is 37.4 Å². The van der Waals surface area contributed by atoms with E-state index < -0.39 is 0 Å². The van der Waals surface area contributed by atoms with E-state index in [-0.39, 0.29) is 0 Å². The van der Waals surface area contributed by atoms with Gasteiger partial charge in [0.2, 0.25) is 0 Å². The monoisotopic (exact) mass is 287 g/mol. The SMILES string of the molecule is Cc1cccc(CN2CC(CC(C)C)NCC2C2CC2)n1. The Morgan fingerprint density at radius 2 is 2.14 bits per heavy atom. The van der Waals surface area contributed by atoms with E-state index in [4.69, 9.17) is 4.98 Å². The molecular weight excluding hydrogens is 258 g/mol. The van der Waals surface area contributed by atoms with Crippen molar-refractivity contribution in [2.45, 2.75) is 58.7 Å². The van der Waals surface area contributed by atoms with Crippen LogP contribution in [0.5, 0.6) is 0 Å². The Morgan fingerprint density at radius 1 is 1.33 bits per heavy atom. The van der Waals surface area contributed by atoms with E-state index in [1.165, 1.54) is 31.5 Å². The van der Waals surface area contributed by atoms with E-state index in [1.54, 1.807) is 0 Å². The summed E-state index contributed by atoms with van der Waals surface area (Å²) in [4.78, 5) is 7.40. The van der Waals surface area contributed by atoms with Crippen molar-refractivity contribution >= 4 is 0 Å². The van der Waals surface area contributed by atoms with Crippen LogP contribution in [0.4, 0.5) is 0 Å². The van der Waals surface area contributed by atoms with Crippen LogP contribution in [0, 0.1) is 18.8 Å². The molecule has 0 bridgehead atoms. The molecule has 0 spiro atoms. The molecule has 0 amide bonds. The summed E-state index contributed by atoms with van der Waals surface area (Å²) in [6, 6.07) is 7.76. The van der Waals surface area contributed by atoms with Gasteiger partial charge in [-0.2, -0.15) is 0 Å². The molecule has 1 aromatic rings. The van der Waals surface area contributed by atoms with Crippen LogP contribution >= 0.6 is 0 Å². The molecule has 2 aliphatic rings. The Morgan fingerprint density at radius 3 is 2.81 bits per heavy atom. The molecule has 3 nitrogen and oxygen atoms in total. The van der Waals surface area contributed by atoms with Gasteiger partial charge in [-0.15, -0.1) is 0 Å². The van der Waals surface area contributed by atoms with Gasteiger partial charge in [0.25, 0.3) is 0 Å². The summed E-state index contributed by atoms with van der Waals surface area (Å²) in [5.41, 5.74) is 2.36. The van der Waals surface area contributed by atoms with Crippen molar-refractivity contribution in [3.63, 3.8) is 0 Å². The minimum absolute atomic E-state index is 0.643. The molecule has 2 fully saturated rings. The normalized spacial score (nSPS) is 27.2. The van der Waals surface area contributed by atoms with Gasteiger partial charge in [0.1, 0.15) is 0 Å². The molecule has 0 aromatic carbocycles. The number of pyridine rings is 1. The third-order valence-electron chi connectivity index (χ3n) is 4.77. The summed E-state index contributed by atoms with van der Waals surface area (Å²) in [6.45, 7) is 10.1. The summed E-state index contributed by atoms with van der Waals surface area (Å²) in [5.74, 6) is 1.68. The molecule has 1 aliphatic heterocycles. The van der Waals surface area contributed by atoms with Gasteiger partial charge in [-0.3, -0.25) is 9.88 Å². The lowest BCUT2D eigenvalue weighted by Gasteiger charge is -2.41. The van der Waals surface area contributed by atoms with Crippen molar-refractivity contribution in [2.75, 3.05) is 13.1 Å². The number of nitrogens with zero attached hydrogens (tertiary/aromatic N) is 2. The lowest BCUT2D eigenvalue weighted by molar-refractivity contribution is 0.0988. The van der Waals surface area contributed by atoms with E-state index in [0.717, 1.165) is 36.7 Å². The van der Waals surface area contributed by atoms with Gasteiger partial charge in [-0.05, 0) is 50.2 Å². The second-order valence-electron chi connectivity index (χ2n) is 7.34. The minimum atomic E-state index is 0.643. The fourth-order valence-electron chi connectivity index (χ4n) is 3.65. The highest BCUT2D eigenvalue weighted by molar-refractivity contribution is 5.10. The highest BCUT2D eigenvalue weighted by Crippen LogP contribution is 2.37. The van der Waals surface area contributed by atoms with Gasteiger partial charge in [0.15, 0.2) is 0 Å². The van der Waals surface area contributed by atoms with Crippen molar-refractivity contribution < 1.29 is 0 Å². The molecule has 0 radical (unpaired) electrons. The first-order chi connectivity index (χ1) is 10.1. The van der Waals surface area contributed by atoms with Crippen LogP contribution in [0.15, 0.2) is 18.2 Å². The van der Waals surface area contributed by atoms with Gasteiger partial charge < -0.3 is 5.32 Å². The topological polar surface area (TPSA) is 28.2 Å². The lowest BCUT2D eigenvalue weighted by Crippen LogP contribution is -2.57. The van der Waals surface area contributed by atoms with Crippen LogP contribution in [0.1, 0.15) is 44.5 Å². The smallest absolute Gasteiger partial charge is 0.0547 e. The Bertz CT molecular complexity index is 467. The molecule has 2 atom stereocenters. The molecule has 3 rings (SSSR count). The van der Waals surface area contributed by atoms with Crippen LogP contribution in [-0.4, -0.2) is 35.1 Å².